The topological polar surface area (TPSA) is 62.2 Å². The second-order valence-corrected chi connectivity index (χ2v) is 2.18. The molecule has 0 spiro atoms. The summed E-state index contributed by atoms with van der Waals surface area (Å²) in [6.07, 6.45) is 0.401. The molecule has 0 atom stereocenters. The van der Waals surface area contributed by atoms with Crippen molar-refractivity contribution in [3.05, 3.63) is 11.7 Å². The van der Waals surface area contributed by atoms with Crippen molar-refractivity contribution < 1.29 is 9.90 Å². The monoisotopic (exact) mass is 144 g/mol. The fraction of sp³-hybridized carbons (Fsp3) is 0. The van der Waals surface area contributed by atoms with Crippen molar-refractivity contribution in [2.45, 2.75) is 0 Å². The van der Waals surface area contributed by atoms with Gasteiger partial charge in [0.2, 0.25) is 0 Å². The molecule has 4 nitrogen and oxygen atoms in total. The maximum atomic E-state index is 9.93. The van der Waals surface area contributed by atoms with E-state index in [9.17, 15) is 4.79 Å². The van der Waals surface area contributed by atoms with E-state index < -0.39 is 6.09 Å². The van der Waals surface area contributed by atoms with Crippen LogP contribution in [-0.2, 0) is 0 Å². The highest BCUT2D eigenvalue weighted by Gasteiger charge is 1.96. The van der Waals surface area contributed by atoms with Crippen molar-refractivity contribution >= 4 is 22.4 Å². The zero-order valence-corrected chi connectivity index (χ0v) is 5.18. The van der Waals surface area contributed by atoms with Crippen molar-refractivity contribution in [2.75, 3.05) is 5.32 Å². The van der Waals surface area contributed by atoms with Crippen molar-refractivity contribution in [2.24, 2.45) is 0 Å². The summed E-state index contributed by atoms with van der Waals surface area (Å²) < 4.78 is 0. The van der Waals surface area contributed by atoms with Gasteiger partial charge in [-0.05, 0) is 0 Å². The van der Waals surface area contributed by atoms with E-state index in [2.05, 4.69) is 10.3 Å². The molecule has 0 saturated carbocycles. The van der Waals surface area contributed by atoms with Gasteiger partial charge in [-0.2, -0.15) is 0 Å². The van der Waals surface area contributed by atoms with Gasteiger partial charge in [0.15, 0.2) is 0 Å². The number of carboxylic acid groups (broad SMARTS) is 1. The van der Waals surface area contributed by atoms with E-state index in [1.807, 2.05) is 0 Å². The summed E-state index contributed by atoms with van der Waals surface area (Å²) in [5.74, 6) is 0. The number of hydrogen-bond donors (Lipinski definition) is 2. The predicted molar refractivity (Wildman–Crippen MR) is 33.8 cm³/mol. The summed E-state index contributed by atoms with van der Waals surface area (Å²) in [5, 5.41) is 10.9. The lowest BCUT2D eigenvalue weighted by molar-refractivity contribution is 0.210. The smallest absolute Gasteiger partial charge is 0.409 e. The van der Waals surface area contributed by atoms with Crippen LogP contribution < -0.4 is 5.32 Å². The number of thiazole rings is 1. The Morgan fingerprint density at radius 3 is 3.11 bits per heavy atom. The van der Waals surface area contributed by atoms with Gasteiger partial charge in [0.05, 0.1) is 11.7 Å². The fourth-order valence-corrected chi connectivity index (χ4v) is 0.886. The van der Waals surface area contributed by atoms with E-state index in [-0.39, 0.29) is 0 Å². The number of hydrogen-bond acceptors (Lipinski definition) is 3. The summed E-state index contributed by atoms with van der Waals surface area (Å²) in [4.78, 5) is 13.6. The number of aromatic nitrogens is 1. The molecule has 1 heterocycles. The normalized spacial score (nSPS) is 8.89. The minimum absolute atomic E-state index is 0.544. The molecular weight excluding hydrogens is 140 g/mol. The van der Waals surface area contributed by atoms with Crippen molar-refractivity contribution in [3.8, 4) is 0 Å². The summed E-state index contributed by atoms with van der Waals surface area (Å²) in [7, 11) is 0. The van der Waals surface area contributed by atoms with Crippen LogP contribution in [0.25, 0.3) is 0 Å². The Hall–Kier alpha value is -1.10. The molecule has 0 aliphatic rings. The van der Waals surface area contributed by atoms with Gasteiger partial charge in [-0.1, -0.05) is 0 Å². The van der Waals surface area contributed by atoms with Crippen molar-refractivity contribution in [1.82, 2.24) is 4.98 Å². The molecule has 0 fully saturated rings. The van der Waals surface area contributed by atoms with Crippen LogP contribution in [0.3, 0.4) is 0 Å². The molecule has 1 rings (SSSR count). The molecule has 0 aromatic carbocycles. The van der Waals surface area contributed by atoms with Gasteiger partial charge >= 0.3 is 6.09 Å². The third-order valence-corrected chi connectivity index (χ3v) is 1.35. The SMILES string of the molecule is O=C(O)Nc1cncs1. The van der Waals surface area contributed by atoms with Gasteiger partial charge in [0.25, 0.3) is 0 Å². The second-order valence-electron chi connectivity index (χ2n) is 1.30. The predicted octanol–water partition coefficient (Wildman–Crippen LogP) is 1.23. The second kappa shape index (κ2) is 2.45. The van der Waals surface area contributed by atoms with Gasteiger partial charge < -0.3 is 5.11 Å². The molecule has 1 aromatic heterocycles. The van der Waals surface area contributed by atoms with Gasteiger partial charge in [-0.25, -0.2) is 4.79 Å². The highest BCUT2D eigenvalue weighted by Crippen LogP contribution is 2.11. The Bertz CT molecular complexity index is 196. The van der Waals surface area contributed by atoms with Crippen LogP contribution in [0.4, 0.5) is 9.80 Å². The van der Waals surface area contributed by atoms with Crippen LogP contribution in [-0.4, -0.2) is 16.2 Å². The van der Waals surface area contributed by atoms with Crippen LogP contribution >= 0.6 is 11.3 Å². The lowest BCUT2D eigenvalue weighted by atomic mass is 10.8. The molecule has 5 heteroatoms. The summed E-state index contributed by atoms with van der Waals surface area (Å²) in [5.41, 5.74) is 1.56. The van der Waals surface area contributed by atoms with E-state index >= 15 is 0 Å². The molecule has 1 aromatic rings. The highest BCUT2D eigenvalue weighted by molar-refractivity contribution is 7.13. The van der Waals surface area contributed by atoms with Gasteiger partial charge in [0, 0.05) is 0 Å². The third-order valence-electron chi connectivity index (χ3n) is 0.662. The first-order chi connectivity index (χ1) is 4.29. The molecule has 0 saturated heterocycles. The molecule has 0 aliphatic heterocycles. The van der Waals surface area contributed by atoms with Gasteiger partial charge in [0.1, 0.15) is 5.00 Å². The summed E-state index contributed by atoms with van der Waals surface area (Å²) >= 11 is 1.25. The molecule has 0 unspecified atom stereocenters. The maximum Gasteiger partial charge on any atom is 0.409 e. The van der Waals surface area contributed by atoms with Crippen molar-refractivity contribution in [3.63, 3.8) is 0 Å². The van der Waals surface area contributed by atoms with Crippen LogP contribution in [0.2, 0.25) is 0 Å². The summed E-state index contributed by atoms with van der Waals surface area (Å²) in [6.45, 7) is 0. The number of anilines is 1. The molecular formula is C4H4N2O2S. The lowest BCUT2D eigenvalue weighted by Gasteiger charge is -1.89. The molecule has 0 radical (unpaired) electrons. The van der Waals surface area contributed by atoms with Crippen LogP contribution in [0.1, 0.15) is 0 Å². The van der Waals surface area contributed by atoms with Gasteiger partial charge in [-0.15, -0.1) is 11.3 Å². The molecule has 0 bridgehead atoms. The molecule has 9 heavy (non-hydrogen) atoms. The van der Waals surface area contributed by atoms with E-state index in [1.165, 1.54) is 17.5 Å². The minimum atomic E-state index is -1.06. The van der Waals surface area contributed by atoms with E-state index in [4.69, 9.17) is 5.11 Å². The zero-order chi connectivity index (χ0) is 6.69. The Morgan fingerprint density at radius 2 is 2.67 bits per heavy atom. The largest absolute Gasteiger partial charge is 0.465 e. The van der Waals surface area contributed by atoms with Gasteiger partial charge in [-0.3, -0.25) is 10.3 Å². The third kappa shape index (κ3) is 1.69. The van der Waals surface area contributed by atoms with Crippen LogP contribution in [0.5, 0.6) is 0 Å². The summed E-state index contributed by atoms with van der Waals surface area (Å²) in [6, 6.07) is 0. The Kier molecular flexibility index (Phi) is 1.64. The number of rotatable bonds is 1. The van der Waals surface area contributed by atoms with E-state index in [1.54, 1.807) is 5.51 Å². The molecule has 48 valence electrons. The van der Waals surface area contributed by atoms with E-state index in [0.29, 0.717) is 5.00 Å². The van der Waals surface area contributed by atoms with E-state index in [0.717, 1.165) is 0 Å². The first-order valence-corrected chi connectivity index (χ1v) is 3.05. The average molecular weight is 144 g/mol. The first kappa shape index (κ1) is 6.03. The molecule has 0 aliphatic carbocycles. The zero-order valence-electron chi connectivity index (χ0n) is 4.37. The molecule has 2 N–H and O–H groups in total. The first-order valence-electron chi connectivity index (χ1n) is 2.17. The minimum Gasteiger partial charge on any atom is -0.465 e. The highest BCUT2D eigenvalue weighted by atomic mass is 32.1. The lowest BCUT2D eigenvalue weighted by Crippen LogP contribution is -2.05. The number of nitrogens with zero attached hydrogens (tertiary/aromatic N) is 1. The molecule has 1 amide bonds. The fourth-order valence-electron chi connectivity index (χ4n) is 0.383. The average Bonchev–Trinajstić information content (AvgIpc) is 2.15. The van der Waals surface area contributed by atoms with Crippen molar-refractivity contribution in [1.29, 1.82) is 0 Å². The number of amides is 1. The Labute approximate surface area is 55.2 Å². The Morgan fingerprint density at radius 1 is 1.89 bits per heavy atom. The van der Waals surface area contributed by atoms with Crippen LogP contribution in [0, 0.1) is 0 Å². The number of carbonyl (C=O) groups is 1. The Balaban J connectivity index is 2.58. The quantitative estimate of drug-likeness (QED) is 0.623. The van der Waals surface area contributed by atoms with Crippen LogP contribution in [0.15, 0.2) is 11.7 Å². The maximum absolute atomic E-state index is 9.93. The number of nitrogens with one attached hydrogen (secondary N) is 1. The standard InChI is InChI=1S/C4H4N2O2S/c7-4(8)6-3-1-5-2-9-3/h1-2,6H,(H,7,8).